The number of methoxy groups -OCH3 is 1. The predicted octanol–water partition coefficient (Wildman–Crippen LogP) is 3.54. The molecule has 232 valence electrons. The molecule has 1 fully saturated rings. The molecule has 2 amide bonds. The molecule has 3 atom stereocenters. The lowest BCUT2D eigenvalue weighted by Crippen LogP contribution is -2.50. The summed E-state index contributed by atoms with van der Waals surface area (Å²) in [5.74, 6) is 2.15. The van der Waals surface area contributed by atoms with Crippen molar-refractivity contribution in [3.05, 3.63) is 65.0 Å². The van der Waals surface area contributed by atoms with Gasteiger partial charge in [-0.3, -0.25) is 9.59 Å². The van der Waals surface area contributed by atoms with Gasteiger partial charge in [0.1, 0.15) is 11.6 Å². The fraction of sp³-hybridized carbons (Fsp3) is 0.529. The average molecular weight is 594 g/mol. The fourth-order valence-corrected chi connectivity index (χ4v) is 5.69. The van der Waals surface area contributed by atoms with E-state index in [2.05, 4.69) is 16.6 Å². The minimum Gasteiger partial charge on any atom is -0.493 e. The second-order valence-electron chi connectivity index (χ2n) is 11.7. The molecule has 8 nitrogen and oxygen atoms in total. The lowest BCUT2D eigenvalue weighted by atomic mass is 9.98. The van der Waals surface area contributed by atoms with E-state index in [1.807, 2.05) is 31.2 Å². The van der Waals surface area contributed by atoms with Crippen LogP contribution in [0.5, 0.6) is 5.75 Å². The molecule has 3 unspecified atom stereocenters. The number of fused-ring (bicyclic) bond motifs is 2. The summed E-state index contributed by atoms with van der Waals surface area (Å²) in [5.41, 5.74) is 2.15. The van der Waals surface area contributed by atoms with Crippen molar-refractivity contribution in [1.29, 1.82) is 0 Å². The highest BCUT2D eigenvalue weighted by Crippen LogP contribution is 2.45. The van der Waals surface area contributed by atoms with Crippen LogP contribution in [0, 0.1) is 24.1 Å². The van der Waals surface area contributed by atoms with E-state index in [1.165, 1.54) is 12.1 Å². The zero-order valence-corrected chi connectivity index (χ0v) is 25.2. The first-order chi connectivity index (χ1) is 20.7. The number of amides is 2. The molecule has 1 aliphatic carbocycles. The van der Waals surface area contributed by atoms with Gasteiger partial charge in [-0.15, -0.1) is 6.42 Å². The van der Waals surface area contributed by atoms with Crippen LogP contribution in [0.1, 0.15) is 62.1 Å². The van der Waals surface area contributed by atoms with Crippen molar-refractivity contribution >= 4 is 11.8 Å². The van der Waals surface area contributed by atoms with Crippen LogP contribution in [0.2, 0.25) is 0 Å². The molecule has 4 rings (SSSR count). The first-order valence-corrected chi connectivity index (χ1v) is 15.2. The van der Waals surface area contributed by atoms with Crippen LogP contribution in [0.15, 0.2) is 42.5 Å². The highest BCUT2D eigenvalue weighted by atomic mass is 19.1. The highest BCUT2D eigenvalue weighted by molar-refractivity contribution is 5.84. The maximum absolute atomic E-state index is 14.7. The number of terminal acetylenes is 1. The van der Waals surface area contributed by atoms with Crippen LogP contribution in [0.4, 0.5) is 4.39 Å². The number of aliphatic hydroxyl groups is 1. The first kappa shape index (κ1) is 32.5. The van der Waals surface area contributed by atoms with Crippen LogP contribution in [0.3, 0.4) is 0 Å². The lowest BCUT2D eigenvalue weighted by molar-refractivity contribution is -0.134. The summed E-state index contributed by atoms with van der Waals surface area (Å²) in [6, 6.07) is 11.5. The Kier molecular flexibility index (Phi) is 11.6. The monoisotopic (exact) mass is 593 g/mol. The molecule has 2 aliphatic rings. The van der Waals surface area contributed by atoms with Crippen LogP contribution in [-0.4, -0.2) is 73.9 Å². The molecule has 3 N–H and O–H groups in total. The Morgan fingerprint density at radius 3 is 2.79 bits per heavy atom. The van der Waals surface area contributed by atoms with Crippen molar-refractivity contribution in [2.24, 2.45) is 5.92 Å². The Hall–Kier alpha value is -3.45. The van der Waals surface area contributed by atoms with Gasteiger partial charge in [0.25, 0.3) is 0 Å². The molecule has 0 radical (unpaired) electrons. The highest BCUT2D eigenvalue weighted by Gasteiger charge is 2.44. The smallest absolute Gasteiger partial charge is 0.223 e. The molecule has 2 aromatic rings. The molecule has 9 heteroatoms. The topological polar surface area (TPSA) is 100 Å². The van der Waals surface area contributed by atoms with Crippen LogP contribution >= 0.6 is 0 Å². The molecule has 2 bridgehead atoms. The van der Waals surface area contributed by atoms with Crippen LogP contribution < -0.4 is 15.4 Å². The van der Waals surface area contributed by atoms with Gasteiger partial charge < -0.3 is 30.1 Å². The summed E-state index contributed by atoms with van der Waals surface area (Å²) < 4.78 is 26.1. The molecule has 0 aromatic heterocycles. The molecular weight excluding hydrogens is 549 g/mol. The van der Waals surface area contributed by atoms with E-state index in [-0.39, 0.29) is 49.1 Å². The van der Waals surface area contributed by atoms with E-state index in [0.29, 0.717) is 44.0 Å². The number of aliphatic hydroxyl groups excluding tert-OH is 1. The van der Waals surface area contributed by atoms with Gasteiger partial charge in [-0.2, -0.15) is 0 Å². The second-order valence-corrected chi connectivity index (χ2v) is 11.7. The third-order valence-electron chi connectivity index (χ3n) is 8.29. The van der Waals surface area contributed by atoms with E-state index in [0.717, 1.165) is 30.4 Å². The van der Waals surface area contributed by atoms with Gasteiger partial charge in [-0.1, -0.05) is 25.0 Å². The van der Waals surface area contributed by atoms with E-state index in [4.69, 9.17) is 15.9 Å². The fourth-order valence-electron chi connectivity index (χ4n) is 5.69. The van der Waals surface area contributed by atoms with E-state index < -0.39 is 18.0 Å². The quantitative estimate of drug-likeness (QED) is 0.385. The zero-order valence-electron chi connectivity index (χ0n) is 25.2. The lowest BCUT2D eigenvalue weighted by Gasteiger charge is -2.28. The van der Waals surface area contributed by atoms with Gasteiger partial charge in [-0.05, 0) is 67.5 Å². The predicted molar refractivity (Wildman–Crippen MR) is 163 cm³/mol. The Morgan fingerprint density at radius 2 is 2.07 bits per heavy atom. The van der Waals surface area contributed by atoms with E-state index in [1.54, 1.807) is 18.1 Å². The van der Waals surface area contributed by atoms with Gasteiger partial charge >= 0.3 is 0 Å². The third-order valence-corrected chi connectivity index (χ3v) is 8.29. The Bertz CT molecular complexity index is 1290. The van der Waals surface area contributed by atoms with Gasteiger partial charge in [0.15, 0.2) is 0 Å². The molecule has 2 aromatic carbocycles. The number of carbonyl (C=O) groups excluding carboxylic acids is 2. The summed E-state index contributed by atoms with van der Waals surface area (Å²) >= 11 is 0. The van der Waals surface area contributed by atoms with Crippen molar-refractivity contribution in [3.63, 3.8) is 0 Å². The maximum Gasteiger partial charge on any atom is 0.223 e. The normalized spacial score (nSPS) is 21.8. The minimum atomic E-state index is -0.984. The van der Waals surface area contributed by atoms with Crippen molar-refractivity contribution in [2.45, 2.75) is 69.6 Å². The van der Waals surface area contributed by atoms with Crippen molar-refractivity contribution in [1.82, 2.24) is 15.5 Å². The largest absolute Gasteiger partial charge is 0.493 e. The van der Waals surface area contributed by atoms with E-state index in [9.17, 15) is 19.1 Å². The number of carbonyl (C=O) groups is 2. The Morgan fingerprint density at radius 1 is 1.26 bits per heavy atom. The Labute approximate surface area is 254 Å². The number of benzene rings is 2. The summed E-state index contributed by atoms with van der Waals surface area (Å²) in [4.78, 5) is 27.9. The minimum absolute atomic E-state index is 0.00245. The van der Waals surface area contributed by atoms with Crippen molar-refractivity contribution in [3.8, 4) is 18.1 Å². The number of ether oxygens (including phenoxy) is 2. The number of halogens is 1. The molecular formula is C34H44FN3O5. The number of hydrogen-bond donors (Lipinski definition) is 3. The molecule has 1 saturated carbocycles. The molecule has 43 heavy (non-hydrogen) atoms. The summed E-state index contributed by atoms with van der Waals surface area (Å²) in [6.07, 6.45) is 8.11. The van der Waals surface area contributed by atoms with E-state index >= 15 is 0 Å². The third kappa shape index (κ3) is 9.27. The molecule has 0 spiro atoms. The van der Waals surface area contributed by atoms with Crippen molar-refractivity contribution in [2.75, 3.05) is 40.0 Å². The summed E-state index contributed by atoms with van der Waals surface area (Å²) in [7, 11) is 1.62. The number of rotatable bonds is 9. The maximum atomic E-state index is 14.7. The average Bonchev–Trinajstić information content (AvgIpc) is 3.79. The van der Waals surface area contributed by atoms with Crippen LogP contribution in [0.25, 0.3) is 0 Å². The van der Waals surface area contributed by atoms with Gasteiger partial charge in [-0.25, -0.2) is 4.39 Å². The standard InChI is InChI=1S/C34H44FN3O5/c1-4-14-38-15-11-25(22-42-3)23-43-29-18-26(17-28(35)20-29)19-30(37-32(40)9-10-33(38)41)31(39)21-36-34(12-13-34)27-8-6-7-24(5-2)16-27/h2,6-8,16-18,20,25,30-31,36,39H,4,9-15,19,21-23H2,1,3H3,(H,37,40). The second kappa shape index (κ2) is 15.3. The van der Waals surface area contributed by atoms with Crippen molar-refractivity contribution < 1.29 is 28.6 Å². The Balaban J connectivity index is 1.53. The SMILES string of the molecule is C#Cc1cccc(C2(NCC(O)C3Cc4cc(F)cc(c4)OCC(COC)CCN(CCC)C(=O)CCC(=O)N3)CC2)c1. The summed E-state index contributed by atoms with van der Waals surface area (Å²) in [5, 5.41) is 17.8. The number of hydrogen-bond acceptors (Lipinski definition) is 6. The van der Waals surface area contributed by atoms with Gasteiger partial charge in [0.2, 0.25) is 11.8 Å². The zero-order chi connectivity index (χ0) is 30.8. The molecule has 0 saturated heterocycles. The first-order valence-electron chi connectivity index (χ1n) is 15.2. The number of nitrogens with zero attached hydrogens (tertiary/aromatic N) is 1. The van der Waals surface area contributed by atoms with Gasteiger partial charge in [0, 0.05) is 62.7 Å². The number of nitrogens with one attached hydrogen (secondary N) is 2. The molecule has 1 heterocycles. The molecule has 1 aliphatic heterocycles. The van der Waals surface area contributed by atoms with Crippen LogP contribution in [-0.2, 0) is 26.3 Å². The van der Waals surface area contributed by atoms with Gasteiger partial charge in [0.05, 0.1) is 25.4 Å². The summed E-state index contributed by atoms with van der Waals surface area (Å²) in [6.45, 7) is 4.06.